The zero-order chi connectivity index (χ0) is 13.1. The zero-order valence-corrected chi connectivity index (χ0v) is 12.1. The van der Waals surface area contributed by atoms with E-state index in [2.05, 4.69) is 44.1 Å². The Labute approximate surface area is 111 Å². The Hall–Kier alpha value is -0.800. The summed E-state index contributed by atoms with van der Waals surface area (Å²) in [5.74, 6) is 2.16. The molecule has 1 saturated carbocycles. The molecule has 0 unspecified atom stereocenters. The van der Waals surface area contributed by atoms with Crippen LogP contribution < -0.4 is 5.32 Å². The van der Waals surface area contributed by atoms with Crippen LogP contribution in [0.2, 0.25) is 0 Å². The highest BCUT2D eigenvalue weighted by atomic mass is 16.3. The molecule has 2 rings (SSSR count). The second kappa shape index (κ2) is 5.89. The van der Waals surface area contributed by atoms with Gasteiger partial charge in [0.05, 0.1) is 6.54 Å². The van der Waals surface area contributed by atoms with Gasteiger partial charge in [-0.15, -0.1) is 0 Å². The highest BCUT2D eigenvalue weighted by Crippen LogP contribution is 2.25. The lowest BCUT2D eigenvalue weighted by atomic mass is 9.92. The zero-order valence-electron chi connectivity index (χ0n) is 12.1. The minimum Gasteiger partial charge on any atom is -0.465 e. The van der Waals surface area contributed by atoms with Crippen molar-refractivity contribution in [3.8, 4) is 0 Å². The first-order valence-electron chi connectivity index (χ1n) is 7.08. The molecule has 1 aromatic heterocycles. The first kappa shape index (κ1) is 13.6. The van der Waals surface area contributed by atoms with Crippen LogP contribution in [-0.4, -0.2) is 24.0 Å². The summed E-state index contributed by atoms with van der Waals surface area (Å²) in [6.07, 6.45) is 4.08. The molecule has 1 heterocycles. The maximum atomic E-state index is 5.85. The highest BCUT2D eigenvalue weighted by molar-refractivity contribution is 5.20. The fraction of sp³-hybridized carbons (Fsp3) is 0.733. The molecular formula is C15H26N2O. The number of aryl methyl sites for hydroxylation is 1. The molecule has 3 heteroatoms. The van der Waals surface area contributed by atoms with Crippen LogP contribution in [0.1, 0.15) is 50.2 Å². The van der Waals surface area contributed by atoms with Gasteiger partial charge in [0.15, 0.2) is 0 Å². The van der Waals surface area contributed by atoms with Crippen LogP contribution >= 0.6 is 0 Å². The van der Waals surface area contributed by atoms with Crippen molar-refractivity contribution < 1.29 is 4.42 Å². The summed E-state index contributed by atoms with van der Waals surface area (Å²) in [5, 5.41) is 3.44. The van der Waals surface area contributed by atoms with Gasteiger partial charge in [0.25, 0.3) is 0 Å². The number of rotatable bonds is 6. The monoisotopic (exact) mass is 250 g/mol. The topological polar surface area (TPSA) is 28.4 Å². The molecule has 1 aromatic rings. The number of hydrogen-bond donors (Lipinski definition) is 1. The summed E-state index contributed by atoms with van der Waals surface area (Å²) in [7, 11) is 2.20. The van der Waals surface area contributed by atoms with Crippen LogP contribution in [0.15, 0.2) is 10.5 Å². The highest BCUT2D eigenvalue weighted by Gasteiger charge is 2.22. The van der Waals surface area contributed by atoms with Crippen molar-refractivity contribution in [2.45, 2.75) is 65.2 Å². The number of nitrogens with one attached hydrogen (secondary N) is 1. The molecule has 102 valence electrons. The predicted molar refractivity (Wildman–Crippen MR) is 74.5 cm³/mol. The molecule has 3 nitrogen and oxygen atoms in total. The maximum Gasteiger partial charge on any atom is 0.118 e. The van der Waals surface area contributed by atoms with Gasteiger partial charge >= 0.3 is 0 Å². The molecule has 0 saturated heterocycles. The molecule has 0 atom stereocenters. The van der Waals surface area contributed by atoms with Crippen LogP contribution in [0.5, 0.6) is 0 Å². The van der Waals surface area contributed by atoms with Crippen LogP contribution in [0, 0.1) is 6.92 Å². The van der Waals surface area contributed by atoms with E-state index in [1.54, 1.807) is 0 Å². The van der Waals surface area contributed by atoms with E-state index in [1.165, 1.54) is 24.8 Å². The smallest absolute Gasteiger partial charge is 0.118 e. The second-order valence-electron chi connectivity index (χ2n) is 5.83. The number of furan rings is 1. The van der Waals surface area contributed by atoms with Gasteiger partial charge in [-0.1, -0.05) is 20.3 Å². The number of hydrogen-bond acceptors (Lipinski definition) is 3. The third-order valence-corrected chi connectivity index (χ3v) is 3.88. The lowest BCUT2D eigenvalue weighted by Gasteiger charge is -2.34. The van der Waals surface area contributed by atoms with Gasteiger partial charge < -0.3 is 9.73 Å². The van der Waals surface area contributed by atoms with E-state index in [-0.39, 0.29) is 0 Å². The van der Waals surface area contributed by atoms with E-state index in [1.807, 2.05) is 0 Å². The van der Waals surface area contributed by atoms with Crippen LogP contribution in [0.3, 0.4) is 0 Å². The van der Waals surface area contributed by atoms with Gasteiger partial charge in [0.1, 0.15) is 11.5 Å². The summed E-state index contributed by atoms with van der Waals surface area (Å²) in [6.45, 7) is 8.24. The van der Waals surface area contributed by atoms with Crippen molar-refractivity contribution in [1.29, 1.82) is 0 Å². The first-order valence-corrected chi connectivity index (χ1v) is 7.08. The van der Waals surface area contributed by atoms with Gasteiger partial charge in [-0.25, -0.2) is 0 Å². The van der Waals surface area contributed by atoms with E-state index in [9.17, 15) is 0 Å². The molecular weight excluding hydrogens is 224 g/mol. The van der Waals surface area contributed by atoms with Crippen molar-refractivity contribution in [3.63, 3.8) is 0 Å². The minimum absolute atomic E-state index is 0.514. The molecule has 0 radical (unpaired) electrons. The van der Waals surface area contributed by atoms with Crippen LogP contribution in [-0.2, 0) is 13.1 Å². The fourth-order valence-electron chi connectivity index (χ4n) is 2.36. The fourth-order valence-corrected chi connectivity index (χ4v) is 2.36. The van der Waals surface area contributed by atoms with Crippen LogP contribution in [0.25, 0.3) is 0 Å². The van der Waals surface area contributed by atoms with Gasteiger partial charge in [0.2, 0.25) is 0 Å². The lowest BCUT2D eigenvalue weighted by molar-refractivity contribution is 0.142. The van der Waals surface area contributed by atoms with Crippen LogP contribution in [0.4, 0.5) is 0 Å². The summed E-state index contributed by atoms with van der Waals surface area (Å²) in [4.78, 5) is 2.42. The Morgan fingerprint density at radius 3 is 2.72 bits per heavy atom. The van der Waals surface area contributed by atoms with Crippen molar-refractivity contribution in [3.05, 3.63) is 23.2 Å². The van der Waals surface area contributed by atoms with E-state index in [4.69, 9.17) is 4.42 Å². The van der Waals surface area contributed by atoms with Crippen molar-refractivity contribution in [2.75, 3.05) is 7.05 Å². The van der Waals surface area contributed by atoms with E-state index < -0.39 is 0 Å². The average molecular weight is 250 g/mol. The minimum atomic E-state index is 0.514. The van der Waals surface area contributed by atoms with Gasteiger partial charge in [0, 0.05) is 24.2 Å². The lowest BCUT2D eigenvalue weighted by Crippen LogP contribution is -2.36. The summed E-state index contributed by atoms with van der Waals surface area (Å²) < 4.78 is 5.85. The summed E-state index contributed by atoms with van der Waals surface area (Å²) in [5.41, 5.74) is 1.29. The molecule has 0 aliphatic heterocycles. The van der Waals surface area contributed by atoms with Gasteiger partial charge in [-0.2, -0.15) is 0 Å². The Morgan fingerprint density at radius 2 is 2.17 bits per heavy atom. The van der Waals surface area contributed by atoms with Gasteiger partial charge in [-0.3, -0.25) is 4.90 Å². The molecule has 1 aliphatic carbocycles. The van der Waals surface area contributed by atoms with E-state index >= 15 is 0 Å². The molecule has 0 bridgehead atoms. The molecule has 0 amide bonds. The Kier molecular flexibility index (Phi) is 4.46. The van der Waals surface area contributed by atoms with Crippen molar-refractivity contribution in [1.82, 2.24) is 10.2 Å². The Balaban J connectivity index is 1.90. The Morgan fingerprint density at radius 1 is 1.44 bits per heavy atom. The SMILES string of the molecule is Cc1oc(CN(C)C2CCC2)cc1CNC(C)C. The second-order valence-corrected chi connectivity index (χ2v) is 5.83. The molecule has 1 fully saturated rings. The maximum absolute atomic E-state index is 5.85. The van der Waals surface area contributed by atoms with E-state index in [0.717, 1.165) is 30.7 Å². The third-order valence-electron chi connectivity index (χ3n) is 3.88. The van der Waals surface area contributed by atoms with Crippen molar-refractivity contribution >= 4 is 0 Å². The Bertz CT molecular complexity index is 380. The molecule has 18 heavy (non-hydrogen) atoms. The van der Waals surface area contributed by atoms with Crippen molar-refractivity contribution in [2.24, 2.45) is 0 Å². The largest absolute Gasteiger partial charge is 0.465 e. The standard InChI is InChI=1S/C15H26N2O/c1-11(2)16-9-13-8-15(18-12(13)3)10-17(4)14-6-5-7-14/h8,11,14,16H,5-7,9-10H2,1-4H3. The molecule has 1 N–H and O–H groups in total. The van der Waals surface area contributed by atoms with E-state index in [0.29, 0.717) is 6.04 Å². The van der Waals surface area contributed by atoms with Gasteiger partial charge in [-0.05, 0) is 32.9 Å². The summed E-state index contributed by atoms with van der Waals surface area (Å²) >= 11 is 0. The first-order chi connectivity index (χ1) is 8.56. The molecule has 0 spiro atoms. The molecule has 0 aromatic carbocycles. The predicted octanol–water partition coefficient (Wildman–Crippen LogP) is 3.07. The third kappa shape index (κ3) is 3.36. The quantitative estimate of drug-likeness (QED) is 0.841. The average Bonchev–Trinajstić information content (AvgIpc) is 2.53. The summed E-state index contributed by atoms with van der Waals surface area (Å²) in [6, 6.07) is 3.49. The number of nitrogens with zero attached hydrogens (tertiary/aromatic N) is 1. The normalized spacial score (nSPS) is 16.6. The molecule has 1 aliphatic rings.